The van der Waals surface area contributed by atoms with Crippen LogP contribution in [0.2, 0.25) is 0 Å². The number of carbonyl (C=O) groups excluding carboxylic acids is 2. The molecule has 26 unspecified atom stereocenters. The number of hydrogen-bond donors (Lipinski definition) is 6. The summed E-state index contributed by atoms with van der Waals surface area (Å²) in [5, 5.41) is 75.7. The molecule has 3 aromatic rings. The summed E-state index contributed by atoms with van der Waals surface area (Å²) in [6.07, 6.45) is 19.1. The van der Waals surface area contributed by atoms with Gasteiger partial charge in [-0.15, -0.1) is 0 Å². The quantitative estimate of drug-likeness (QED) is 0.0841. The molecule has 3 aromatic carbocycles. The lowest BCUT2D eigenvalue weighted by Gasteiger charge is -2.83. The van der Waals surface area contributed by atoms with Gasteiger partial charge in [0.15, 0.2) is 0 Å². The van der Waals surface area contributed by atoms with Gasteiger partial charge in [0, 0.05) is 64.5 Å². The molecular weight excluding hydrogens is 1080 g/mol. The Kier molecular flexibility index (Phi) is 12.0. The first kappa shape index (κ1) is 55.6. The van der Waals surface area contributed by atoms with Crippen LogP contribution in [0.25, 0.3) is 0 Å². The number of esters is 1. The first-order valence-corrected chi connectivity index (χ1v) is 35.0. The van der Waals surface area contributed by atoms with E-state index in [4.69, 9.17) is 9.47 Å². The molecule has 6 N–H and O–H groups in total. The third kappa shape index (κ3) is 6.61. The van der Waals surface area contributed by atoms with Crippen molar-refractivity contribution in [3.05, 3.63) is 118 Å². The Labute approximate surface area is 514 Å². The van der Waals surface area contributed by atoms with Gasteiger partial charge in [0.1, 0.15) is 23.6 Å². The van der Waals surface area contributed by atoms with Gasteiger partial charge in [0.2, 0.25) is 0 Å². The molecule has 4 heterocycles. The topological polar surface area (TPSA) is 166 Å². The van der Waals surface area contributed by atoms with Crippen molar-refractivity contribution in [2.24, 2.45) is 98.1 Å². The zero-order valence-corrected chi connectivity index (χ0v) is 51.4. The minimum Gasteiger partial charge on any atom is -0.454 e. The molecular formula is C77H93NO9. The van der Waals surface area contributed by atoms with Crippen LogP contribution in [0.15, 0.2) is 84.4 Å². The molecule has 87 heavy (non-hydrogen) atoms. The van der Waals surface area contributed by atoms with Crippen molar-refractivity contribution in [3.63, 3.8) is 0 Å². The molecule has 5 spiro atoms. The van der Waals surface area contributed by atoms with E-state index in [-0.39, 0.29) is 78.0 Å². The van der Waals surface area contributed by atoms with E-state index in [1.165, 1.54) is 29.4 Å². The second-order valence-electron chi connectivity index (χ2n) is 32.9. The summed E-state index contributed by atoms with van der Waals surface area (Å²) in [5.41, 5.74) is -2.77. The van der Waals surface area contributed by atoms with E-state index in [1.807, 2.05) is 25.2 Å². The smallest absolute Gasteiger partial charge is 0.331 e. The number of ether oxygens (including phenoxy) is 2. The SMILES string of the molecule is CNC1Cc2c(cccc2CO)C#CCCC23CCC4C5(C=O)CC67C8CC9CC(c%10ccccc%10)CCC96CCC8C68CCC9(CCC(CC(C(O)C4(O)C2(O)CC2CC1C1OC(=O)C=C1C23)C59O)C(C)C1CCC(Cc2cccc(c2)C6)C1)C7O8. The van der Waals surface area contributed by atoms with Gasteiger partial charge in [0.05, 0.1) is 35.4 Å². The molecule has 16 bridgehead atoms. The van der Waals surface area contributed by atoms with E-state index in [1.54, 1.807) is 6.08 Å². The average molecular weight is 1180 g/mol. The summed E-state index contributed by atoms with van der Waals surface area (Å²) in [4.78, 5) is 30.4. The molecule has 0 aromatic heterocycles. The molecule has 26 atom stereocenters. The standard InChI is InChI=1S/C77H93NO9/c1-44-50-18-17-46(32-50)30-45-10-8-11-47(31-45)39-73-29-28-71-25-19-51(44)35-61-67(82)76(84)63(72(43-80,77(61,71)85)42-74(68(71)87-73)60-36-55-33-52(48-12-4-3-5-13-48)20-24-69(55,74)26-21-59(60)73)22-27-70-23-7-6-14-49-15-9-16-53(41-79)56(49)37-62(78-2)57-34-54(40-75(70,76)83)65(70)58-38-64(81)86-66(57)58/h3-5,8-13,15-16,31,38,43-44,46,50-52,54-55,57,59-63,65-68,78-79,82-85H,7,17-30,32-37,39-42H2,1-2H3. The van der Waals surface area contributed by atoms with E-state index < -0.39 is 68.1 Å². The number of rotatable bonds is 4. The number of aldehydes is 1. The number of aliphatic hydroxyl groups is 5. The highest BCUT2D eigenvalue weighted by molar-refractivity contribution is 5.86. The lowest BCUT2D eigenvalue weighted by Crippen LogP contribution is -2.91. The molecule has 20 rings (SSSR count). The Bertz CT molecular complexity index is 3460. The first-order chi connectivity index (χ1) is 42.1. The van der Waals surface area contributed by atoms with E-state index >= 15 is 20.1 Å². The maximum Gasteiger partial charge on any atom is 0.331 e. The molecule has 12 fully saturated rings. The summed E-state index contributed by atoms with van der Waals surface area (Å²) in [7, 11) is 1.96. The van der Waals surface area contributed by atoms with Crippen LogP contribution in [0.5, 0.6) is 0 Å². The average Bonchev–Trinajstić information content (AvgIpc) is 1.61. The molecule has 13 aliphatic carbocycles. The van der Waals surface area contributed by atoms with Gasteiger partial charge in [-0.1, -0.05) is 85.5 Å². The first-order valence-electron chi connectivity index (χ1n) is 35.0. The maximum absolute atomic E-state index is 16.4. The summed E-state index contributed by atoms with van der Waals surface area (Å²) in [5.74, 6) is 6.86. The van der Waals surface area contributed by atoms with Crippen molar-refractivity contribution in [2.45, 2.75) is 220 Å². The van der Waals surface area contributed by atoms with Gasteiger partial charge in [0.25, 0.3) is 0 Å². The van der Waals surface area contributed by atoms with Crippen LogP contribution in [0.3, 0.4) is 0 Å². The zero-order valence-electron chi connectivity index (χ0n) is 51.4. The zero-order chi connectivity index (χ0) is 59.0. The van der Waals surface area contributed by atoms with Crippen molar-refractivity contribution < 1.29 is 44.6 Å². The minimum absolute atomic E-state index is 0.100. The molecule has 17 aliphatic rings. The summed E-state index contributed by atoms with van der Waals surface area (Å²) < 4.78 is 15.1. The van der Waals surface area contributed by atoms with Crippen molar-refractivity contribution in [1.29, 1.82) is 0 Å². The van der Waals surface area contributed by atoms with Crippen molar-refractivity contribution >= 4 is 12.3 Å². The molecule has 2 saturated heterocycles. The van der Waals surface area contributed by atoms with Crippen LogP contribution in [-0.4, -0.2) is 91.6 Å². The number of benzene rings is 3. The molecule has 0 amide bonds. The Morgan fingerprint density at radius 1 is 0.759 bits per heavy atom. The second kappa shape index (κ2) is 18.8. The number of carbonyl (C=O) groups is 2. The van der Waals surface area contributed by atoms with Crippen LogP contribution >= 0.6 is 0 Å². The lowest BCUT2D eigenvalue weighted by atomic mass is 9.25. The second-order valence-corrected chi connectivity index (χ2v) is 32.9. The molecule has 10 heteroatoms. The molecule has 0 radical (unpaired) electrons. The lowest BCUT2D eigenvalue weighted by molar-refractivity contribution is -0.447. The molecule has 4 aliphatic heterocycles. The van der Waals surface area contributed by atoms with E-state index in [9.17, 15) is 15.0 Å². The van der Waals surface area contributed by atoms with Crippen molar-refractivity contribution in [2.75, 3.05) is 7.05 Å². The van der Waals surface area contributed by atoms with E-state index in [0.717, 1.165) is 106 Å². The van der Waals surface area contributed by atoms with Crippen LogP contribution in [0, 0.1) is 110 Å². The normalized spacial score (nSPS) is 52.2. The van der Waals surface area contributed by atoms with Crippen molar-refractivity contribution in [1.82, 2.24) is 5.32 Å². The number of hydrogen-bond acceptors (Lipinski definition) is 10. The predicted molar refractivity (Wildman–Crippen MR) is 328 cm³/mol. The van der Waals surface area contributed by atoms with Crippen LogP contribution < -0.4 is 5.32 Å². The summed E-state index contributed by atoms with van der Waals surface area (Å²) in [6.45, 7) is 2.34. The van der Waals surface area contributed by atoms with Gasteiger partial charge < -0.3 is 45.1 Å². The van der Waals surface area contributed by atoms with Gasteiger partial charge >= 0.3 is 5.97 Å². The highest BCUT2D eigenvalue weighted by atomic mass is 16.5. The van der Waals surface area contributed by atoms with Gasteiger partial charge in [-0.3, -0.25) is 0 Å². The van der Waals surface area contributed by atoms with Gasteiger partial charge in [-0.05, 0) is 252 Å². The van der Waals surface area contributed by atoms with Crippen LogP contribution in [0.1, 0.15) is 181 Å². The Morgan fingerprint density at radius 2 is 1.56 bits per heavy atom. The molecule has 460 valence electrons. The van der Waals surface area contributed by atoms with Crippen LogP contribution in [-0.2, 0) is 44.9 Å². The molecule has 10 saturated carbocycles. The van der Waals surface area contributed by atoms with Gasteiger partial charge in [-0.25, -0.2) is 4.79 Å². The Hall–Kier alpha value is -4.18. The van der Waals surface area contributed by atoms with Crippen LogP contribution in [0.4, 0.5) is 0 Å². The number of likely N-dealkylation sites (N-methyl/N-ethyl adjacent to an activating group) is 1. The number of nitrogens with one attached hydrogen (secondary N) is 1. The summed E-state index contributed by atoms with van der Waals surface area (Å²) >= 11 is 0. The number of fused-ring (bicyclic) bond motifs is 7. The fraction of sp³-hybridized carbons (Fsp3) is 0.688. The highest BCUT2D eigenvalue weighted by Gasteiger charge is 2.93. The third-order valence-corrected chi connectivity index (χ3v) is 31.3. The monoisotopic (exact) mass is 1180 g/mol. The highest BCUT2D eigenvalue weighted by Crippen LogP contribution is 2.89. The predicted octanol–water partition coefficient (Wildman–Crippen LogP) is 10.7. The maximum atomic E-state index is 16.4. The number of aliphatic hydroxyl groups excluding tert-OH is 2. The fourth-order valence-electron chi connectivity index (χ4n) is 28.4. The van der Waals surface area contributed by atoms with E-state index in [0.29, 0.717) is 81.5 Å². The fourth-order valence-corrected chi connectivity index (χ4v) is 28.4. The van der Waals surface area contributed by atoms with Gasteiger partial charge in [-0.2, -0.15) is 0 Å². The third-order valence-electron chi connectivity index (χ3n) is 31.3. The van der Waals surface area contributed by atoms with E-state index in [2.05, 4.69) is 78.7 Å². The summed E-state index contributed by atoms with van der Waals surface area (Å²) in [6, 6.07) is 26.5. The van der Waals surface area contributed by atoms with Crippen molar-refractivity contribution in [3.8, 4) is 11.8 Å². The largest absolute Gasteiger partial charge is 0.454 e. The Morgan fingerprint density at radius 3 is 2.40 bits per heavy atom. The Balaban J connectivity index is 0.856. The minimum atomic E-state index is -2.22. The molecule has 10 nitrogen and oxygen atoms in total.